The van der Waals surface area contributed by atoms with E-state index in [1.165, 1.54) is 0 Å². The predicted molar refractivity (Wildman–Crippen MR) is 111 cm³/mol. The summed E-state index contributed by atoms with van der Waals surface area (Å²) in [5, 5.41) is 3.16. The fourth-order valence-electron chi connectivity index (χ4n) is 2.91. The van der Waals surface area contributed by atoms with E-state index in [1.807, 2.05) is 38.2 Å². The van der Waals surface area contributed by atoms with Crippen LogP contribution in [-0.2, 0) is 12.8 Å². The number of hydrogen-bond acceptors (Lipinski definition) is 6. The molecule has 3 aromatic rings. The van der Waals surface area contributed by atoms with Gasteiger partial charge in [0.1, 0.15) is 0 Å². The van der Waals surface area contributed by atoms with Crippen molar-refractivity contribution < 1.29 is 0 Å². The zero-order chi connectivity index (χ0) is 19.9. The SMILES string of the molecule is Cc1cnc(CCCCNc2ncc(Cc3ccc(C)nc3)c(=O)[nH]2)c(N)c1. The molecule has 0 unspecified atom stereocenters. The summed E-state index contributed by atoms with van der Waals surface area (Å²) in [5.74, 6) is 0.490. The highest BCUT2D eigenvalue weighted by Crippen LogP contribution is 2.13. The Morgan fingerprint density at radius 1 is 1.07 bits per heavy atom. The highest BCUT2D eigenvalue weighted by molar-refractivity contribution is 5.44. The summed E-state index contributed by atoms with van der Waals surface area (Å²) < 4.78 is 0. The molecule has 7 nitrogen and oxygen atoms in total. The van der Waals surface area contributed by atoms with Crippen molar-refractivity contribution >= 4 is 11.6 Å². The van der Waals surface area contributed by atoms with Crippen molar-refractivity contribution in [2.45, 2.75) is 39.5 Å². The zero-order valence-corrected chi connectivity index (χ0v) is 16.3. The molecule has 0 aliphatic heterocycles. The molecule has 0 spiro atoms. The molecular weight excluding hydrogens is 352 g/mol. The molecule has 3 rings (SSSR count). The van der Waals surface area contributed by atoms with E-state index < -0.39 is 0 Å². The fourth-order valence-corrected chi connectivity index (χ4v) is 2.91. The van der Waals surface area contributed by atoms with Crippen LogP contribution in [0.3, 0.4) is 0 Å². The van der Waals surface area contributed by atoms with Crippen molar-refractivity contribution in [1.82, 2.24) is 19.9 Å². The van der Waals surface area contributed by atoms with Crippen molar-refractivity contribution in [3.63, 3.8) is 0 Å². The summed E-state index contributed by atoms with van der Waals surface area (Å²) in [7, 11) is 0. The van der Waals surface area contributed by atoms with Crippen LogP contribution in [0.5, 0.6) is 0 Å². The average molecular weight is 378 g/mol. The first kappa shape index (κ1) is 19.5. The van der Waals surface area contributed by atoms with E-state index in [-0.39, 0.29) is 5.56 Å². The van der Waals surface area contributed by atoms with Crippen LogP contribution in [0, 0.1) is 13.8 Å². The normalized spacial score (nSPS) is 10.8. The molecule has 0 fully saturated rings. The summed E-state index contributed by atoms with van der Waals surface area (Å²) in [6, 6.07) is 5.86. The lowest BCUT2D eigenvalue weighted by molar-refractivity contribution is 0.746. The summed E-state index contributed by atoms with van der Waals surface area (Å²) in [4.78, 5) is 28.0. The van der Waals surface area contributed by atoms with Crippen LogP contribution < -0.4 is 16.6 Å². The molecule has 0 aliphatic rings. The lowest BCUT2D eigenvalue weighted by Crippen LogP contribution is -2.17. The topological polar surface area (TPSA) is 110 Å². The van der Waals surface area contributed by atoms with Crippen LogP contribution in [0.1, 0.15) is 40.9 Å². The van der Waals surface area contributed by atoms with Gasteiger partial charge in [-0.25, -0.2) is 4.98 Å². The van der Waals surface area contributed by atoms with Crippen LogP contribution in [0.2, 0.25) is 0 Å². The summed E-state index contributed by atoms with van der Waals surface area (Å²) in [6.07, 6.45) is 8.48. The molecule has 4 N–H and O–H groups in total. The number of nitrogen functional groups attached to an aromatic ring is 1. The average Bonchev–Trinajstić information content (AvgIpc) is 2.67. The van der Waals surface area contributed by atoms with Crippen LogP contribution in [-0.4, -0.2) is 26.5 Å². The highest BCUT2D eigenvalue weighted by Gasteiger charge is 2.05. The molecule has 28 heavy (non-hydrogen) atoms. The number of rotatable bonds is 8. The number of nitrogens with two attached hydrogens (primary N) is 1. The number of pyridine rings is 2. The first-order chi connectivity index (χ1) is 13.5. The minimum atomic E-state index is -0.130. The first-order valence-corrected chi connectivity index (χ1v) is 9.46. The van der Waals surface area contributed by atoms with Crippen LogP contribution >= 0.6 is 0 Å². The molecule has 0 radical (unpaired) electrons. The van der Waals surface area contributed by atoms with Crippen molar-refractivity contribution in [2.75, 3.05) is 17.6 Å². The zero-order valence-electron chi connectivity index (χ0n) is 16.3. The molecular formula is C21H26N6O. The van der Waals surface area contributed by atoms with E-state index >= 15 is 0 Å². The molecule has 0 amide bonds. The smallest absolute Gasteiger partial charge is 0.255 e. The van der Waals surface area contributed by atoms with Gasteiger partial charge in [0, 0.05) is 42.8 Å². The van der Waals surface area contributed by atoms with Gasteiger partial charge in [0.2, 0.25) is 5.95 Å². The third kappa shape index (κ3) is 5.39. The summed E-state index contributed by atoms with van der Waals surface area (Å²) >= 11 is 0. The highest BCUT2D eigenvalue weighted by atomic mass is 16.1. The summed E-state index contributed by atoms with van der Waals surface area (Å²) in [5.41, 5.74) is 11.2. The quantitative estimate of drug-likeness (QED) is 0.520. The van der Waals surface area contributed by atoms with Crippen molar-refractivity contribution in [1.29, 1.82) is 0 Å². The number of nitrogens with one attached hydrogen (secondary N) is 2. The third-order valence-electron chi connectivity index (χ3n) is 4.51. The van der Waals surface area contributed by atoms with E-state index in [1.54, 1.807) is 12.4 Å². The molecule has 3 heterocycles. The van der Waals surface area contributed by atoms with Gasteiger partial charge in [-0.2, -0.15) is 0 Å². The Morgan fingerprint density at radius 3 is 2.64 bits per heavy atom. The Labute approximate surface area is 164 Å². The van der Waals surface area contributed by atoms with Crippen molar-refractivity contribution in [3.05, 3.63) is 75.2 Å². The van der Waals surface area contributed by atoms with Gasteiger partial charge < -0.3 is 11.1 Å². The second kappa shape index (κ2) is 9.12. The largest absolute Gasteiger partial charge is 0.397 e. The number of unbranched alkanes of at least 4 members (excludes halogenated alkanes) is 1. The lowest BCUT2D eigenvalue weighted by atomic mass is 10.1. The fraction of sp³-hybridized carbons (Fsp3) is 0.333. The molecule has 0 saturated carbocycles. The Hall–Kier alpha value is -3.22. The Bertz CT molecular complexity index is 981. The number of nitrogens with zero attached hydrogens (tertiary/aromatic N) is 3. The maximum atomic E-state index is 12.3. The second-order valence-electron chi connectivity index (χ2n) is 7.00. The summed E-state index contributed by atoms with van der Waals surface area (Å²) in [6.45, 7) is 4.63. The molecule has 0 aromatic carbocycles. The standard InChI is InChI=1S/C21H26N6O/c1-14-9-18(22)19(25-11-14)5-3-4-8-23-21-26-13-17(20(28)27-21)10-16-7-6-15(2)24-12-16/h6-7,9,11-13H,3-5,8,10,22H2,1-2H3,(H2,23,26,27,28). The molecule has 3 aromatic heterocycles. The van der Waals surface area contributed by atoms with Gasteiger partial charge in [-0.15, -0.1) is 0 Å². The lowest BCUT2D eigenvalue weighted by Gasteiger charge is -2.08. The van der Waals surface area contributed by atoms with E-state index in [4.69, 9.17) is 5.73 Å². The molecule has 0 bridgehead atoms. The van der Waals surface area contributed by atoms with E-state index in [0.717, 1.165) is 54.0 Å². The minimum absolute atomic E-state index is 0.130. The van der Waals surface area contributed by atoms with Gasteiger partial charge >= 0.3 is 0 Å². The minimum Gasteiger partial charge on any atom is -0.397 e. The van der Waals surface area contributed by atoms with Crippen molar-refractivity contribution in [3.8, 4) is 0 Å². The van der Waals surface area contributed by atoms with E-state index in [0.29, 0.717) is 17.9 Å². The van der Waals surface area contributed by atoms with Gasteiger partial charge in [0.05, 0.1) is 11.4 Å². The van der Waals surface area contributed by atoms with Gasteiger partial charge in [-0.3, -0.25) is 19.7 Å². The molecule has 7 heteroatoms. The van der Waals surface area contributed by atoms with Crippen LogP contribution in [0.25, 0.3) is 0 Å². The molecule has 146 valence electrons. The Kier molecular flexibility index (Phi) is 6.37. The van der Waals surface area contributed by atoms with E-state index in [9.17, 15) is 4.79 Å². The Balaban J connectivity index is 1.46. The number of hydrogen-bond donors (Lipinski definition) is 3. The van der Waals surface area contributed by atoms with Crippen LogP contribution in [0.15, 0.2) is 41.6 Å². The maximum Gasteiger partial charge on any atom is 0.255 e. The first-order valence-electron chi connectivity index (χ1n) is 9.46. The van der Waals surface area contributed by atoms with E-state index in [2.05, 4.69) is 25.3 Å². The number of aryl methyl sites for hydroxylation is 3. The monoisotopic (exact) mass is 378 g/mol. The van der Waals surface area contributed by atoms with Crippen LogP contribution in [0.4, 0.5) is 11.6 Å². The van der Waals surface area contributed by atoms with Gasteiger partial charge in [-0.1, -0.05) is 6.07 Å². The maximum absolute atomic E-state index is 12.3. The number of anilines is 2. The van der Waals surface area contributed by atoms with Gasteiger partial charge in [0.25, 0.3) is 5.56 Å². The number of H-pyrrole nitrogens is 1. The molecule has 0 aliphatic carbocycles. The van der Waals surface area contributed by atoms with Gasteiger partial charge in [0.15, 0.2) is 0 Å². The predicted octanol–water partition coefficient (Wildman–Crippen LogP) is 2.78. The van der Waals surface area contributed by atoms with Crippen molar-refractivity contribution in [2.24, 2.45) is 0 Å². The molecule has 0 saturated heterocycles. The number of aromatic amines is 1. The Morgan fingerprint density at radius 2 is 1.93 bits per heavy atom. The molecule has 0 atom stereocenters. The second-order valence-corrected chi connectivity index (χ2v) is 7.00. The number of aromatic nitrogens is 4. The van der Waals surface area contributed by atoms with Gasteiger partial charge in [-0.05, 0) is 56.4 Å². The third-order valence-corrected chi connectivity index (χ3v) is 4.51.